The second kappa shape index (κ2) is 12.3. The topological polar surface area (TPSA) is 86.8 Å². The van der Waals surface area contributed by atoms with E-state index >= 15 is 0 Å². The molecule has 2 aromatic carbocycles. The maximum Gasteiger partial charge on any atom is 0.244 e. The molecule has 2 rings (SSSR count). The van der Waals surface area contributed by atoms with Crippen LogP contribution in [0.15, 0.2) is 46.9 Å². The molecule has 1 unspecified atom stereocenters. The Labute approximate surface area is 209 Å². The third-order valence-corrected chi connectivity index (χ3v) is 7.34. The van der Waals surface area contributed by atoms with Crippen LogP contribution in [0.3, 0.4) is 0 Å². The average Bonchev–Trinajstić information content (AvgIpc) is 2.78. The van der Waals surface area contributed by atoms with Crippen molar-refractivity contribution in [3.05, 3.63) is 63.9 Å². The minimum absolute atomic E-state index is 0.0358. The van der Waals surface area contributed by atoms with Gasteiger partial charge in [0.05, 0.1) is 11.9 Å². The summed E-state index contributed by atoms with van der Waals surface area (Å²) in [6, 6.07) is 9.84. The molecule has 0 saturated carbocycles. The Morgan fingerprint density at radius 3 is 2.29 bits per heavy atom. The van der Waals surface area contributed by atoms with Crippen LogP contribution in [0, 0.1) is 12.7 Å². The van der Waals surface area contributed by atoms with Crippen LogP contribution in [-0.2, 0) is 26.2 Å². The Bertz CT molecular complexity index is 1110. The number of rotatable bonds is 11. The molecule has 0 aliphatic heterocycles. The molecule has 34 heavy (non-hydrogen) atoms. The Morgan fingerprint density at radius 2 is 1.76 bits per heavy atom. The normalized spacial score (nSPS) is 12.2. The molecular weight excluding hydrogens is 525 g/mol. The highest BCUT2D eigenvalue weighted by Crippen LogP contribution is 2.25. The molecule has 0 fully saturated rings. The van der Waals surface area contributed by atoms with Gasteiger partial charge in [0.25, 0.3) is 0 Å². The number of anilines is 1. The van der Waals surface area contributed by atoms with E-state index in [4.69, 9.17) is 0 Å². The Kier molecular flexibility index (Phi) is 10.1. The second-order valence-corrected chi connectivity index (χ2v) is 10.8. The van der Waals surface area contributed by atoms with Crippen molar-refractivity contribution in [2.24, 2.45) is 0 Å². The number of aryl methyl sites for hydroxylation is 1. The zero-order chi connectivity index (χ0) is 25.5. The van der Waals surface area contributed by atoms with Crippen molar-refractivity contribution in [2.45, 2.75) is 46.2 Å². The Balaban J connectivity index is 2.43. The molecule has 0 aromatic heterocycles. The van der Waals surface area contributed by atoms with Gasteiger partial charge in [0.15, 0.2) is 0 Å². The van der Waals surface area contributed by atoms with Crippen LogP contribution in [0.1, 0.15) is 37.8 Å². The molecule has 10 heteroatoms. The van der Waals surface area contributed by atoms with Gasteiger partial charge in [-0.2, -0.15) is 0 Å². The summed E-state index contributed by atoms with van der Waals surface area (Å²) in [6.45, 7) is 5.55. The van der Waals surface area contributed by atoms with Crippen molar-refractivity contribution >= 4 is 43.5 Å². The lowest BCUT2D eigenvalue weighted by molar-refractivity contribution is -0.140. The largest absolute Gasteiger partial charge is 0.354 e. The summed E-state index contributed by atoms with van der Waals surface area (Å²) in [5.74, 6) is -1.26. The van der Waals surface area contributed by atoms with Gasteiger partial charge in [-0.05, 0) is 61.2 Å². The smallest absolute Gasteiger partial charge is 0.244 e. The highest BCUT2D eigenvalue weighted by Gasteiger charge is 2.31. The summed E-state index contributed by atoms with van der Waals surface area (Å²) >= 11 is 3.40. The number of nitrogens with zero attached hydrogens (tertiary/aromatic N) is 2. The molecule has 0 radical (unpaired) electrons. The van der Waals surface area contributed by atoms with Crippen molar-refractivity contribution in [3.63, 3.8) is 0 Å². The number of hydrogen-bond donors (Lipinski definition) is 1. The first kappa shape index (κ1) is 27.8. The maximum absolute atomic E-state index is 13.5. The van der Waals surface area contributed by atoms with Gasteiger partial charge in [-0.15, -0.1) is 0 Å². The monoisotopic (exact) mass is 555 g/mol. The summed E-state index contributed by atoms with van der Waals surface area (Å²) < 4.78 is 40.5. The van der Waals surface area contributed by atoms with Crippen LogP contribution in [-0.4, -0.2) is 50.5 Å². The minimum atomic E-state index is -3.80. The van der Waals surface area contributed by atoms with Crippen LogP contribution < -0.4 is 9.62 Å². The molecule has 0 heterocycles. The number of carbonyl (C=O) groups excluding carboxylic acids is 2. The van der Waals surface area contributed by atoms with E-state index in [0.29, 0.717) is 24.2 Å². The molecule has 0 saturated heterocycles. The fraction of sp³-hybridized carbons (Fsp3) is 0.417. The van der Waals surface area contributed by atoms with Crippen LogP contribution in [0.2, 0.25) is 0 Å². The van der Waals surface area contributed by atoms with E-state index in [9.17, 15) is 22.4 Å². The molecule has 1 atom stereocenters. The minimum Gasteiger partial charge on any atom is -0.354 e. The molecule has 2 aromatic rings. The molecule has 7 nitrogen and oxygen atoms in total. The first-order chi connectivity index (χ1) is 16.0. The number of benzene rings is 2. The molecule has 186 valence electrons. The second-order valence-electron chi connectivity index (χ2n) is 8.07. The van der Waals surface area contributed by atoms with E-state index in [0.717, 1.165) is 27.0 Å². The van der Waals surface area contributed by atoms with Crippen LogP contribution >= 0.6 is 15.9 Å². The molecule has 2 amide bonds. The van der Waals surface area contributed by atoms with Crippen molar-refractivity contribution in [1.29, 1.82) is 0 Å². The lowest BCUT2D eigenvalue weighted by Gasteiger charge is -2.33. The highest BCUT2D eigenvalue weighted by molar-refractivity contribution is 9.10. The van der Waals surface area contributed by atoms with Crippen LogP contribution in [0.25, 0.3) is 0 Å². The standard InChI is InChI=1S/C24H31BrFN3O4S/c1-5-13-27-24(31)22(6-2)28(15-18-7-9-19(26)10-8-18)23(30)16-29(34(4,32)33)20-11-12-21(25)17(3)14-20/h7-12,14,22H,5-6,13,15-16H2,1-4H3,(H,27,31). The number of nitrogens with one attached hydrogen (secondary N) is 1. The third-order valence-electron chi connectivity index (χ3n) is 5.31. The summed E-state index contributed by atoms with van der Waals surface area (Å²) in [5, 5.41) is 2.81. The average molecular weight is 556 g/mol. The number of halogens is 2. The van der Waals surface area contributed by atoms with Gasteiger partial charge < -0.3 is 10.2 Å². The lowest BCUT2D eigenvalue weighted by atomic mass is 10.1. The molecular formula is C24H31BrFN3O4S. The zero-order valence-electron chi connectivity index (χ0n) is 19.8. The highest BCUT2D eigenvalue weighted by atomic mass is 79.9. The fourth-order valence-electron chi connectivity index (χ4n) is 3.47. The van der Waals surface area contributed by atoms with Gasteiger partial charge >= 0.3 is 0 Å². The Hall–Kier alpha value is -2.46. The van der Waals surface area contributed by atoms with E-state index in [1.807, 2.05) is 13.8 Å². The maximum atomic E-state index is 13.5. The van der Waals surface area contributed by atoms with E-state index in [2.05, 4.69) is 21.2 Å². The molecule has 0 spiro atoms. The Morgan fingerprint density at radius 1 is 1.12 bits per heavy atom. The summed E-state index contributed by atoms with van der Waals surface area (Å²) in [7, 11) is -3.80. The van der Waals surface area contributed by atoms with Gasteiger partial charge in [0, 0.05) is 17.6 Å². The molecule has 1 N–H and O–H groups in total. The van der Waals surface area contributed by atoms with Crippen molar-refractivity contribution in [1.82, 2.24) is 10.2 Å². The van der Waals surface area contributed by atoms with Crippen LogP contribution in [0.4, 0.5) is 10.1 Å². The quantitative estimate of drug-likeness (QED) is 0.454. The van der Waals surface area contributed by atoms with Gasteiger partial charge in [-0.3, -0.25) is 13.9 Å². The SMILES string of the molecule is CCCNC(=O)C(CC)N(Cc1ccc(F)cc1)C(=O)CN(c1ccc(Br)c(C)c1)S(C)(=O)=O. The van der Waals surface area contributed by atoms with Crippen molar-refractivity contribution in [2.75, 3.05) is 23.7 Å². The first-order valence-corrected chi connectivity index (χ1v) is 13.7. The fourth-order valence-corrected chi connectivity index (χ4v) is 4.56. The van der Waals surface area contributed by atoms with Gasteiger partial charge in [-0.25, -0.2) is 12.8 Å². The van der Waals surface area contributed by atoms with Gasteiger partial charge in [-0.1, -0.05) is 41.9 Å². The number of hydrogen-bond acceptors (Lipinski definition) is 4. The molecule has 0 aliphatic carbocycles. The third kappa shape index (κ3) is 7.53. The zero-order valence-corrected chi connectivity index (χ0v) is 22.2. The number of sulfonamides is 1. The first-order valence-electron chi connectivity index (χ1n) is 11.0. The van der Waals surface area contributed by atoms with Gasteiger partial charge in [0.1, 0.15) is 18.4 Å². The predicted molar refractivity (Wildman–Crippen MR) is 135 cm³/mol. The van der Waals surface area contributed by atoms with E-state index in [1.165, 1.54) is 17.0 Å². The van der Waals surface area contributed by atoms with Crippen molar-refractivity contribution in [3.8, 4) is 0 Å². The predicted octanol–water partition coefficient (Wildman–Crippen LogP) is 4.00. The summed E-state index contributed by atoms with van der Waals surface area (Å²) in [5.41, 5.74) is 1.79. The summed E-state index contributed by atoms with van der Waals surface area (Å²) in [4.78, 5) is 27.8. The molecule has 0 aliphatic rings. The van der Waals surface area contributed by atoms with E-state index in [1.54, 1.807) is 37.3 Å². The van der Waals surface area contributed by atoms with E-state index < -0.39 is 34.3 Å². The summed E-state index contributed by atoms with van der Waals surface area (Å²) in [6.07, 6.45) is 2.10. The van der Waals surface area contributed by atoms with Crippen LogP contribution in [0.5, 0.6) is 0 Å². The number of carbonyl (C=O) groups is 2. The van der Waals surface area contributed by atoms with E-state index in [-0.39, 0.29) is 12.5 Å². The number of amides is 2. The van der Waals surface area contributed by atoms with Gasteiger partial charge in [0.2, 0.25) is 21.8 Å². The lowest BCUT2D eigenvalue weighted by Crippen LogP contribution is -2.52. The molecule has 0 bridgehead atoms. The van der Waals surface area contributed by atoms with Crippen molar-refractivity contribution < 1.29 is 22.4 Å².